The Morgan fingerprint density at radius 2 is 2.15 bits per heavy atom. The summed E-state index contributed by atoms with van der Waals surface area (Å²) in [6, 6.07) is 5.88. The summed E-state index contributed by atoms with van der Waals surface area (Å²) in [5.41, 5.74) is -0.0854. The Hall–Kier alpha value is -2.32. The monoisotopic (exact) mass is 380 g/mol. The van der Waals surface area contributed by atoms with Crippen molar-refractivity contribution in [2.45, 2.75) is 51.0 Å². The van der Waals surface area contributed by atoms with E-state index in [0.29, 0.717) is 35.9 Å². The van der Waals surface area contributed by atoms with Crippen molar-refractivity contribution in [1.29, 1.82) is 0 Å². The van der Waals surface area contributed by atoms with E-state index in [1.165, 1.54) is 18.3 Å². The third kappa shape index (κ3) is 4.90. The zero-order chi connectivity index (χ0) is 19.6. The molecule has 1 amide bonds. The van der Waals surface area contributed by atoms with Crippen molar-refractivity contribution < 1.29 is 28.2 Å². The molecule has 1 fully saturated rings. The first-order chi connectivity index (χ1) is 12.7. The summed E-state index contributed by atoms with van der Waals surface area (Å²) in [5, 5.41) is 13.5. The predicted molar refractivity (Wildman–Crippen MR) is 94.9 cm³/mol. The highest BCUT2D eigenvalue weighted by atomic mass is 19.3. The first kappa shape index (κ1) is 19.4. The SMILES string of the molecule is CC(C)(O)[C@@H]1CCC(NC(=O)c2cnc3cc(OC(F)F)ccc3c2)CO1. The fraction of sp³-hybridized carbons (Fsp3) is 0.474. The van der Waals surface area contributed by atoms with Crippen molar-refractivity contribution in [3.05, 3.63) is 36.0 Å². The van der Waals surface area contributed by atoms with Crippen LogP contribution in [0.25, 0.3) is 10.9 Å². The Bertz CT molecular complexity index is 815. The van der Waals surface area contributed by atoms with Crippen LogP contribution < -0.4 is 10.1 Å². The number of alkyl halides is 2. The molecule has 2 heterocycles. The van der Waals surface area contributed by atoms with E-state index < -0.39 is 12.2 Å². The van der Waals surface area contributed by atoms with Crippen molar-refractivity contribution in [1.82, 2.24) is 10.3 Å². The van der Waals surface area contributed by atoms with Crippen LogP contribution in [0.3, 0.4) is 0 Å². The van der Waals surface area contributed by atoms with Crippen LogP contribution in [0.2, 0.25) is 0 Å². The fourth-order valence-electron chi connectivity index (χ4n) is 3.09. The highest BCUT2D eigenvalue weighted by Crippen LogP contribution is 2.24. The number of nitrogens with zero attached hydrogens (tertiary/aromatic N) is 1. The number of ether oxygens (including phenoxy) is 2. The highest BCUT2D eigenvalue weighted by Gasteiger charge is 2.32. The number of rotatable bonds is 5. The van der Waals surface area contributed by atoms with Crippen LogP contribution in [0.4, 0.5) is 8.78 Å². The van der Waals surface area contributed by atoms with Gasteiger partial charge in [0.05, 0.1) is 35.4 Å². The molecule has 1 aliphatic heterocycles. The molecule has 0 bridgehead atoms. The zero-order valence-corrected chi connectivity index (χ0v) is 15.1. The second-order valence-electron chi connectivity index (χ2n) is 7.18. The van der Waals surface area contributed by atoms with E-state index in [2.05, 4.69) is 15.0 Å². The van der Waals surface area contributed by atoms with Gasteiger partial charge in [0.15, 0.2) is 0 Å². The largest absolute Gasteiger partial charge is 0.435 e. The second kappa shape index (κ2) is 7.74. The van der Waals surface area contributed by atoms with Gasteiger partial charge in [-0.3, -0.25) is 9.78 Å². The maximum Gasteiger partial charge on any atom is 0.387 e. The van der Waals surface area contributed by atoms with Crippen LogP contribution >= 0.6 is 0 Å². The smallest absolute Gasteiger partial charge is 0.387 e. The molecule has 146 valence electrons. The summed E-state index contributed by atoms with van der Waals surface area (Å²) in [4.78, 5) is 16.6. The van der Waals surface area contributed by atoms with E-state index in [4.69, 9.17) is 4.74 Å². The fourth-order valence-corrected chi connectivity index (χ4v) is 3.09. The number of aliphatic hydroxyl groups is 1. The summed E-state index contributed by atoms with van der Waals surface area (Å²) < 4.78 is 34.6. The molecule has 1 aromatic heterocycles. The van der Waals surface area contributed by atoms with Crippen LogP contribution in [0.5, 0.6) is 5.75 Å². The molecule has 0 radical (unpaired) electrons. The quantitative estimate of drug-likeness (QED) is 0.834. The number of halogens is 2. The molecule has 6 nitrogen and oxygen atoms in total. The molecule has 1 saturated heterocycles. The molecule has 8 heteroatoms. The minimum absolute atomic E-state index is 0.0166. The van der Waals surface area contributed by atoms with Gasteiger partial charge in [0.1, 0.15) is 5.75 Å². The molecule has 0 spiro atoms. The summed E-state index contributed by atoms with van der Waals surface area (Å²) in [7, 11) is 0. The van der Waals surface area contributed by atoms with Gasteiger partial charge >= 0.3 is 6.61 Å². The Balaban J connectivity index is 1.64. The minimum atomic E-state index is -2.90. The van der Waals surface area contributed by atoms with E-state index in [9.17, 15) is 18.7 Å². The first-order valence-electron chi connectivity index (χ1n) is 8.72. The van der Waals surface area contributed by atoms with Gasteiger partial charge in [-0.2, -0.15) is 8.78 Å². The normalized spacial score (nSPS) is 20.7. The molecule has 2 atom stereocenters. The Kier molecular flexibility index (Phi) is 5.57. The number of pyridine rings is 1. The lowest BCUT2D eigenvalue weighted by molar-refractivity contribution is -0.114. The second-order valence-corrected chi connectivity index (χ2v) is 7.18. The number of carbonyl (C=O) groups is 1. The zero-order valence-electron chi connectivity index (χ0n) is 15.1. The van der Waals surface area contributed by atoms with Crippen molar-refractivity contribution in [2.24, 2.45) is 0 Å². The minimum Gasteiger partial charge on any atom is -0.435 e. The topological polar surface area (TPSA) is 80.7 Å². The Labute approximate surface area is 155 Å². The molecule has 1 aromatic carbocycles. The van der Waals surface area contributed by atoms with Crippen molar-refractivity contribution in [3.8, 4) is 5.75 Å². The average Bonchev–Trinajstić information content (AvgIpc) is 2.60. The first-order valence-corrected chi connectivity index (χ1v) is 8.72. The highest BCUT2D eigenvalue weighted by molar-refractivity contribution is 5.97. The summed E-state index contributed by atoms with van der Waals surface area (Å²) in [6.45, 7) is 0.834. The number of amides is 1. The molecule has 3 rings (SSSR count). The van der Waals surface area contributed by atoms with Gasteiger partial charge in [-0.25, -0.2) is 0 Å². The standard InChI is InChI=1S/C19H22F2N2O4/c1-19(2,25)16-6-4-13(10-26-16)23-17(24)12-7-11-3-5-14(27-18(20)21)8-15(11)22-9-12/h3,5,7-9,13,16,18,25H,4,6,10H2,1-2H3,(H,23,24)/t13?,16-/m0/s1. The van der Waals surface area contributed by atoms with Crippen molar-refractivity contribution in [2.75, 3.05) is 6.61 Å². The van der Waals surface area contributed by atoms with Gasteiger partial charge in [-0.15, -0.1) is 0 Å². The Morgan fingerprint density at radius 1 is 1.37 bits per heavy atom. The van der Waals surface area contributed by atoms with Crippen LogP contribution in [-0.4, -0.2) is 47.0 Å². The van der Waals surface area contributed by atoms with E-state index in [-0.39, 0.29) is 23.8 Å². The van der Waals surface area contributed by atoms with Crippen molar-refractivity contribution >= 4 is 16.8 Å². The number of nitrogens with one attached hydrogen (secondary N) is 1. The van der Waals surface area contributed by atoms with E-state index in [1.54, 1.807) is 26.0 Å². The van der Waals surface area contributed by atoms with Crippen LogP contribution in [0.1, 0.15) is 37.0 Å². The van der Waals surface area contributed by atoms with Gasteiger partial charge in [0.25, 0.3) is 5.91 Å². The third-order valence-corrected chi connectivity index (χ3v) is 4.54. The molecular formula is C19H22F2N2O4. The van der Waals surface area contributed by atoms with Gasteiger partial charge in [-0.05, 0) is 44.9 Å². The summed E-state index contributed by atoms with van der Waals surface area (Å²) in [5.74, 6) is -0.268. The maximum atomic E-state index is 12.5. The third-order valence-electron chi connectivity index (χ3n) is 4.54. The molecule has 1 aliphatic rings. The van der Waals surface area contributed by atoms with Gasteiger partial charge < -0.3 is 19.9 Å². The number of carbonyl (C=O) groups excluding carboxylic acids is 1. The van der Waals surface area contributed by atoms with E-state index in [0.717, 1.165) is 0 Å². The maximum absolute atomic E-state index is 12.5. The molecule has 0 aliphatic carbocycles. The number of fused-ring (bicyclic) bond motifs is 1. The van der Waals surface area contributed by atoms with E-state index >= 15 is 0 Å². The summed E-state index contributed by atoms with van der Waals surface area (Å²) in [6.07, 6.45) is 2.50. The van der Waals surface area contributed by atoms with Crippen LogP contribution in [0, 0.1) is 0 Å². The average molecular weight is 380 g/mol. The number of hydrogen-bond acceptors (Lipinski definition) is 5. The Morgan fingerprint density at radius 3 is 2.78 bits per heavy atom. The molecule has 27 heavy (non-hydrogen) atoms. The molecule has 2 aromatic rings. The lowest BCUT2D eigenvalue weighted by atomic mass is 9.93. The predicted octanol–water partition coefficient (Wildman–Crippen LogP) is 2.88. The van der Waals surface area contributed by atoms with E-state index in [1.807, 2.05) is 0 Å². The summed E-state index contributed by atoms with van der Waals surface area (Å²) >= 11 is 0. The molecule has 2 N–H and O–H groups in total. The molecular weight excluding hydrogens is 358 g/mol. The molecule has 1 unspecified atom stereocenters. The van der Waals surface area contributed by atoms with Crippen LogP contribution in [-0.2, 0) is 4.74 Å². The number of hydrogen-bond donors (Lipinski definition) is 2. The van der Waals surface area contributed by atoms with Crippen molar-refractivity contribution in [3.63, 3.8) is 0 Å². The number of benzene rings is 1. The molecule has 0 saturated carbocycles. The van der Waals surface area contributed by atoms with Crippen LogP contribution in [0.15, 0.2) is 30.5 Å². The lowest BCUT2D eigenvalue weighted by Gasteiger charge is -2.36. The van der Waals surface area contributed by atoms with Gasteiger partial charge in [0.2, 0.25) is 0 Å². The lowest BCUT2D eigenvalue weighted by Crippen LogP contribution is -2.48. The van der Waals surface area contributed by atoms with Gasteiger partial charge in [-0.1, -0.05) is 0 Å². The van der Waals surface area contributed by atoms with Gasteiger partial charge in [0, 0.05) is 17.6 Å². The number of aromatic nitrogens is 1.